The first kappa shape index (κ1) is 21.8. The number of carbonyl (C=O) groups excluding carboxylic acids is 1. The Balaban J connectivity index is 1.47. The van der Waals surface area contributed by atoms with E-state index in [4.69, 9.17) is 22.1 Å². The quantitative estimate of drug-likeness (QED) is 0.377. The number of ether oxygens (including phenoxy) is 1. The minimum atomic E-state index is -0.460. The van der Waals surface area contributed by atoms with Crippen LogP contribution in [0, 0.1) is 0 Å². The number of amides is 1. The zero-order chi connectivity index (χ0) is 19.5. The number of nitrogens with zero attached hydrogens (tertiary/aromatic N) is 3. The van der Waals surface area contributed by atoms with Crippen LogP contribution in [0.15, 0.2) is 0 Å². The van der Waals surface area contributed by atoms with Crippen molar-refractivity contribution in [1.82, 2.24) is 20.3 Å². The van der Waals surface area contributed by atoms with E-state index in [1.54, 1.807) is 0 Å². The lowest BCUT2D eigenvalue weighted by molar-refractivity contribution is -0.121. The van der Waals surface area contributed by atoms with E-state index in [2.05, 4.69) is 32.1 Å². The van der Waals surface area contributed by atoms with Crippen LogP contribution in [-0.2, 0) is 9.53 Å². The highest BCUT2D eigenvalue weighted by Gasteiger charge is 2.21. The molecule has 1 aromatic heterocycles. The maximum atomic E-state index is 11.9. The first-order valence-electron chi connectivity index (χ1n) is 9.66. The number of nitrogen functional groups attached to an aromatic ring is 1. The lowest BCUT2D eigenvalue weighted by Gasteiger charge is -2.27. The smallest absolute Gasteiger partial charge is 0.228 e. The van der Waals surface area contributed by atoms with Crippen molar-refractivity contribution in [1.29, 1.82) is 0 Å². The van der Waals surface area contributed by atoms with Crippen molar-refractivity contribution in [2.75, 3.05) is 30.7 Å². The van der Waals surface area contributed by atoms with Crippen LogP contribution in [0.2, 0.25) is 17.9 Å². The second-order valence-corrected chi connectivity index (χ2v) is 10.00. The first-order chi connectivity index (χ1) is 13.0. The van der Waals surface area contributed by atoms with Crippen molar-refractivity contribution in [3.05, 3.63) is 5.28 Å². The van der Waals surface area contributed by atoms with Crippen LogP contribution in [0.25, 0.3) is 0 Å². The maximum Gasteiger partial charge on any atom is 0.228 e. The number of hydrogen-bond acceptors (Lipinski definition) is 7. The number of rotatable bonds is 11. The molecule has 8 nitrogen and oxygen atoms in total. The summed E-state index contributed by atoms with van der Waals surface area (Å²) in [5.74, 6) is 0.556. The molecule has 0 saturated carbocycles. The lowest BCUT2D eigenvalue weighted by atomic mass is 10.2. The van der Waals surface area contributed by atoms with Gasteiger partial charge in [0, 0.05) is 31.8 Å². The molecule has 1 saturated heterocycles. The first-order valence-corrected chi connectivity index (χ1v) is 12.3. The van der Waals surface area contributed by atoms with Gasteiger partial charge >= 0.3 is 0 Å². The van der Waals surface area contributed by atoms with Gasteiger partial charge in [-0.2, -0.15) is 15.0 Å². The molecule has 2 heterocycles. The molecule has 27 heavy (non-hydrogen) atoms. The van der Waals surface area contributed by atoms with Gasteiger partial charge in [0.1, 0.15) is 0 Å². The number of halogens is 1. The molecule has 1 unspecified atom stereocenters. The average molecular weight is 414 g/mol. The molecule has 1 aromatic rings. The van der Waals surface area contributed by atoms with Gasteiger partial charge in [-0.05, 0) is 50.1 Å². The highest BCUT2D eigenvalue weighted by molar-refractivity contribution is 6.58. The highest BCUT2D eigenvalue weighted by Crippen LogP contribution is 2.17. The SMILES string of the molecule is C[Si](CCCNC(=O)CCCCNc1nc(N)nc(Cl)n1)C1CCCCO1. The number of nitrogens with two attached hydrogens (primary N) is 1. The number of unbranched alkanes of at least 4 members (excludes halogenated alkanes) is 1. The van der Waals surface area contributed by atoms with E-state index in [-0.39, 0.29) is 17.1 Å². The van der Waals surface area contributed by atoms with Crippen LogP contribution >= 0.6 is 11.6 Å². The summed E-state index contributed by atoms with van der Waals surface area (Å²) in [5, 5.41) is 6.11. The van der Waals surface area contributed by atoms with Gasteiger partial charge in [-0.3, -0.25) is 4.79 Å². The zero-order valence-corrected chi connectivity index (χ0v) is 17.7. The molecule has 0 aromatic carbocycles. The molecule has 1 aliphatic rings. The Morgan fingerprint density at radius 1 is 1.26 bits per heavy atom. The Morgan fingerprint density at radius 2 is 2.11 bits per heavy atom. The predicted octanol–water partition coefficient (Wildman–Crippen LogP) is 2.43. The van der Waals surface area contributed by atoms with Crippen molar-refractivity contribution in [3.8, 4) is 0 Å². The van der Waals surface area contributed by atoms with Crippen LogP contribution in [-0.4, -0.2) is 55.1 Å². The minimum absolute atomic E-state index is 0.0657. The van der Waals surface area contributed by atoms with E-state index in [1.165, 1.54) is 25.3 Å². The summed E-state index contributed by atoms with van der Waals surface area (Å²) in [4.78, 5) is 23.5. The fraction of sp³-hybridized carbons (Fsp3) is 0.765. The number of hydrogen-bond donors (Lipinski definition) is 3. The van der Waals surface area contributed by atoms with Gasteiger partial charge in [0.05, 0.1) is 8.80 Å². The molecule has 1 fully saturated rings. The summed E-state index contributed by atoms with van der Waals surface area (Å²) >= 11 is 5.72. The standard InChI is InChI=1S/C17H30ClN6O2Si/c1-27(14-8-3-5-11-26-14)12-6-10-20-13(25)7-2-4-9-21-17-23-15(18)22-16(19)24-17/h14H,2-12H2,1H3,(H,20,25)(H3,19,21,22,23,24). The molecule has 1 amide bonds. The molecule has 1 aliphatic heterocycles. The lowest BCUT2D eigenvalue weighted by Crippen LogP contribution is -2.34. The van der Waals surface area contributed by atoms with Crippen LogP contribution in [0.3, 0.4) is 0 Å². The highest BCUT2D eigenvalue weighted by atomic mass is 35.5. The van der Waals surface area contributed by atoms with Crippen LogP contribution in [0.4, 0.5) is 11.9 Å². The Kier molecular flexibility index (Phi) is 9.78. The molecule has 151 valence electrons. The second kappa shape index (κ2) is 12.1. The van der Waals surface area contributed by atoms with Crippen LogP contribution in [0.5, 0.6) is 0 Å². The molecule has 1 atom stereocenters. The predicted molar refractivity (Wildman–Crippen MR) is 109 cm³/mol. The van der Waals surface area contributed by atoms with E-state index in [0.717, 1.165) is 32.4 Å². The molecule has 0 spiro atoms. The number of nitrogens with one attached hydrogen (secondary N) is 2. The van der Waals surface area contributed by atoms with Gasteiger partial charge in [-0.25, -0.2) is 0 Å². The molecule has 10 heteroatoms. The zero-order valence-electron chi connectivity index (χ0n) is 16.0. The Morgan fingerprint density at radius 3 is 2.85 bits per heavy atom. The molecule has 0 aliphatic carbocycles. The summed E-state index contributed by atoms with van der Waals surface area (Å²) in [6, 6.07) is 1.19. The van der Waals surface area contributed by atoms with Gasteiger partial charge in [0.25, 0.3) is 0 Å². The summed E-state index contributed by atoms with van der Waals surface area (Å²) < 4.78 is 5.86. The number of anilines is 2. The Bertz CT molecular complexity index is 568. The molecule has 2 rings (SSSR count). The van der Waals surface area contributed by atoms with Crippen LogP contribution < -0.4 is 16.4 Å². The largest absolute Gasteiger partial charge is 0.382 e. The maximum absolute atomic E-state index is 11.9. The third kappa shape index (κ3) is 8.85. The Labute approximate surface area is 167 Å². The Hall–Kier alpha value is -1.45. The molecule has 1 radical (unpaired) electrons. The van der Waals surface area contributed by atoms with Gasteiger partial charge in [-0.15, -0.1) is 0 Å². The topological polar surface area (TPSA) is 115 Å². The van der Waals surface area contributed by atoms with Crippen molar-refractivity contribution < 1.29 is 9.53 Å². The normalized spacial score (nSPS) is 17.1. The summed E-state index contributed by atoms with van der Waals surface area (Å²) in [6.45, 7) is 4.68. The van der Waals surface area contributed by atoms with Gasteiger partial charge in [0.15, 0.2) is 0 Å². The van der Waals surface area contributed by atoms with Crippen molar-refractivity contribution in [2.24, 2.45) is 0 Å². The summed E-state index contributed by atoms with van der Waals surface area (Å²) in [5.41, 5.74) is 6.01. The molecular formula is C17H30ClN6O2Si. The van der Waals surface area contributed by atoms with E-state index in [1.807, 2.05) is 0 Å². The third-order valence-corrected chi connectivity index (χ3v) is 7.40. The molecule has 4 N–H and O–H groups in total. The second-order valence-electron chi connectivity index (χ2n) is 6.83. The fourth-order valence-electron chi connectivity index (χ4n) is 3.03. The van der Waals surface area contributed by atoms with Crippen molar-refractivity contribution >= 4 is 38.2 Å². The number of aromatic nitrogens is 3. The minimum Gasteiger partial charge on any atom is -0.382 e. The number of carbonyl (C=O) groups is 1. The third-order valence-electron chi connectivity index (χ3n) is 4.54. The van der Waals surface area contributed by atoms with E-state index in [9.17, 15) is 4.79 Å². The van der Waals surface area contributed by atoms with Crippen LogP contribution in [0.1, 0.15) is 44.9 Å². The van der Waals surface area contributed by atoms with Gasteiger partial charge in [0.2, 0.25) is 23.1 Å². The monoisotopic (exact) mass is 413 g/mol. The fourth-order valence-corrected chi connectivity index (χ4v) is 5.35. The average Bonchev–Trinajstić information content (AvgIpc) is 2.64. The van der Waals surface area contributed by atoms with Crippen molar-refractivity contribution in [2.45, 2.75) is 63.3 Å². The summed E-state index contributed by atoms with van der Waals surface area (Å²) in [7, 11) is -0.460. The molecule has 0 bridgehead atoms. The summed E-state index contributed by atoms with van der Waals surface area (Å²) in [6.07, 6.45) is 6.91. The van der Waals surface area contributed by atoms with Gasteiger partial charge < -0.3 is 21.1 Å². The van der Waals surface area contributed by atoms with E-state index >= 15 is 0 Å². The van der Waals surface area contributed by atoms with Crippen molar-refractivity contribution in [3.63, 3.8) is 0 Å². The van der Waals surface area contributed by atoms with E-state index < -0.39 is 8.80 Å². The molecular weight excluding hydrogens is 384 g/mol. The van der Waals surface area contributed by atoms with E-state index in [0.29, 0.717) is 24.6 Å². The van der Waals surface area contributed by atoms with Gasteiger partial charge in [-0.1, -0.05) is 12.6 Å².